The summed E-state index contributed by atoms with van der Waals surface area (Å²) in [7, 11) is -1.67. The molecule has 3 aliphatic carbocycles. The first-order valence-corrected chi connectivity index (χ1v) is 9.94. The number of hydrogen-bond acceptors (Lipinski definition) is 4. The van der Waals surface area contributed by atoms with Gasteiger partial charge in [-0.1, -0.05) is 0 Å². The first kappa shape index (κ1) is 12.0. The van der Waals surface area contributed by atoms with E-state index in [1.807, 2.05) is 0 Å². The van der Waals surface area contributed by atoms with Gasteiger partial charge >= 0.3 is 11.9 Å². The average molecular weight is 266 g/mol. The van der Waals surface area contributed by atoms with Crippen LogP contribution in [0.3, 0.4) is 0 Å². The average Bonchev–Trinajstić information content (AvgIpc) is 2.55. The molecule has 0 aromatic rings. The van der Waals surface area contributed by atoms with E-state index in [4.69, 9.17) is 9.16 Å². The highest BCUT2D eigenvalue weighted by Gasteiger charge is 2.57. The first-order chi connectivity index (χ1) is 8.37. The van der Waals surface area contributed by atoms with Crippen LogP contribution < -0.4 is 0 Å². The largest absolute Gasteiger partial charge is 0.547 e. The Bertz CT molecular complexity index is 448. The van der Waals surface area contributed by atoms with Crippen molar-refractivity contribution in [3.63, 3.8) is 0 Å². The molecule has 4 nitrogen and oxygen atoms in total. The molecule has 0 unspecified atom stereocenters. The molecule has 4 atom stereocenters. The molecule has 0 aromatic heterocycles. The molecule has 1 heterocycles. The fraction of sp³-hybridized carbons (Fsp3) is 0.692. The van der Waals surface area contributed by atoms with E-state index in [0.717, 1.165) is 18.6 Å². The molecule has 0 amide bonds. The minimum absolute atomic E-state index is 0.0608. The van der Waals surface area contributed by atoms with E-state index >= 15 is 0 Å². The second kappa shape index (κ2) is 3.70. The Kier molecular flexibility index (Phi) is 2.45. The maximum absolute atomic E-state index is 11.8. The Hall–Kier alpha value is -1.10. The molecule has 4 rings (SSSR count). The monoisotopic (exact) mass is 266 g/mol. The van der Waals surface area contributed by atoms with Gasteiger partial charge in [0, 0.05) is 5.92 Å². The van der Waals surface area contributed by atoms with Crippen molar-refractivity contribution in [2.45, 2.75) is 32.5 Å². The summed E-state index contributed by atoms with van der Waals surface area (Å²) < 4.78 is 10.9. The van der Waals surface area contributed by atoms with Crippen molar-refractivity contribution < 1.29 is 18.8 Å². The molecule has 4 aliphatic rings. The molecular formula is C13H18O4Si. The number of allylic oxidation sites excluding steroid dienone is 2. The third-order valence-electron chi connectivity index (χ3n) is 4.01. The maximum atomic E-state index is 11.8. The van der Waals surface area contributed by atoms with Gasteiger partial charge in [-0.15, -0.1) is 0 Å². The van der Waals surface area contributed by atoms with Crippen molar-refractivity contribution in [1.29, 1.82) is 0 Å². The van der Waals surface area contributed by atoms with Crippen LogP contribution in [0.25, 0.3) is 0 Å². The molecule has 5 heteroatoms. The van der Waals surface area contributed by atoms with Gasteiger partial charge in [-0.2, -0.15) is 0 Å². The molecule has 0 N–H and O–H groups in total. The summed E-state index contributed by atoms with van der Waals surface area (Å²) in [4.78, 5) is 23.5. The summed E-state index contributed by atoms with van der Waals surface area (Å²) in [5.41, 5.74) is 0. The molecule has 1 saturated carbocycles. The lowest BCUT2D eigenvalue weighted by molar-refractivity contribution is -0.154. The molecular weight excluding hydrogens is 248 g/mol. The second-order valence-electron chi connectivity index (χ2n) is 6.42. The fourth-order valence-corrected chi connectivity index (χ4v) is 4.35. The summed E-state index contributed by atoms with van der Waals surface area (Å²) >= 11 is 0. The van der Waals surface area contributed by atoms with Crippen molar-refractivity contribution in [1.82, 2.24) is 0 Å². The zero-order valence-corrected chi connectivity index (χ0v) is 11.9. The molecule has 2 bridgehead atoms. The van der Waals surface area contributed by atoms with Crippen LogP contribution in [0.1, 0.15) is 12.8 Å². The van der Waals surface area contributed by atoms with E-state index in [-0.39, 0.29) is 35.6 Å². The standard InChI is InChI=1S/C13H18O4Si/c1-18(2,3)17-9-6-7-4-5-8(9)11-10(7)12(14)16-13(11)15/h6-8,10-11H,4-5H2,1-3H3/t7-,8+,10+,11-/m1/s1. The lowest BCUT2D eigenvalue weighted by atomic mass is 9.62. The third-order valence-corrected chi connectivity index (χ3v) is 4.85. The highest BCUT2D eigenvalue weighted by atomic mass is 28.4. The number of esters is 2. The van der Waals surface area contributed by atoms with E-state index in [2.05, 4.69) is 25.7 Å². The highest BCUT2D eigenvalue weighted by molar-refractivity contribution is 6.70. The number of rotatable bonds is 2. The summed E-state index contributed by atoms with van der Waals surface area (Å²) in [6.07, 6.45) is 3.98. The van der Waals surface area contributed by atoms with Crippen molar-refractivity contribution in [2.24, 2.45) is 23.7 Å². The molecule has 2 fully saturated rings. The number of carbonyl (C=O) groups excluding carboxylic acids is 2. The minimum Gasteiger partial charge on any atom is -0.547 e. The Labute approximate surface area is 107 Å². The van der Waals surface area contributed by atoms with E-state index in [0.29, 0.717) is 0 Å². The molecule has 0 aromatic carbocycles. The highest BCUT2D eigenvalue weighted by Crippen LogP contribution is 2.52. The number of cyclic esters (lactones) is 2. The SMILES string of the molecule is C[Si](C)(C)OC1=C[C@H]2CC[C@@H]1[C@H]1C(=O)OC(=O)[C@H]12. The zero-order valence-electron chi connectivity index (χ0n) is 10.9. The predicted octanol–water partition coefficient (Wildman–Crippen LogP) is 2.08. The zero-order chi connectivity index (χ0) is 13.1. The van der Waals surface area contributed by atoms with Gasteiger partial charge in [0.15, 0.2) is 0 Å². The molecule has 98 valence electrons. The van der Waals surface area contributed by atoms with Gasteiger partial charge in [-0.05, 0) is 44.5 Å². The summed E-state index contributed by atoms with van der Waals surface area (Å²) in [6, 6.07) is 0. The van der Waals surface area contributed by atoms with Gasteiger partial charge in [0.1, 0.15) is 0 Å². The Morgan fingerprint density at radius 2 is 1.83 bits per heavy atom. The van der Waals surface area contributed by atoms with Gasteiger partial charge < -0.3 is 9.16 Å². The van der Waals surface area contributed by atoms with Crippen LogP contribution in [0.5, 0.6) is 0 Å². The summed E-state index contributed by atoms with van der Waals surface area (Å²) in [5.74, 6) is -0.0698. The Balaban J connectivity index is 1.93. The van der Waals surface area contributed by atoms with Gasteiger partial charge in [-0.3, -0.25) is 9.59 Å². The van der Waals surface area contributed by atoms with Crippen LogP contribution in [0.2, 0.25) is 19.6 Å². The fourth-order valence-electron chi connectivity index (χ4n) is 3.42. The lowest BCUT2D eigenvalue weighted by Gasteiger charge is -2.42. The normalized spacial score (nSPS) is 38.3. The topological polar surface area (TPSA) is 52.6 Å². The third kappa shape index (κ3) is 1.72. The van der Waals surface area contributed by atoms with Crippen molar-refractivity contribution in [3.05, 3.63) is 11.8 Å². The van der Waals surface area contributed by atoms with E-state index < -0.39 is 8.32 Å². The number of ether oxygens (including phenoxy) is 1. The summed E-state index contributed by atoms with van der Waals surface area (Å²) in [6.45, 7) is 6.39. The van der Waals surface area contributed by atoms with E-state index in [9.17, 15) is 9.59 Å². The molecule has 1 aliphatic heterocycles. The molecule has 18 heavy (non-hydrogen) atoms. The minimum atomic E-state index is -1.67. The van der Waals surface area contributed by atoms with Crippen molar-refractivity contribution >= 4 is 20.3 Å². The molecule has 0 spiro atoms. The van der Waals surface area contributed by atoms with Crippen LogP contribution in [0, 0.1) is 23.7 Å². The predicted molar refractivity (Wildman–Crippen MR) is 66.8 cm³/mol. The van der Waals surface area contributed by atoms with Gasteiger partial charge in [0.05, 0.1) is 17.6 Å². The van der Waals surface area contributed by atoms with Crippen LogP contribution in [0.15, 0.2) is 11.8 Å². The smallest absolute Gasteiger partial charge is 0.318 e. The van der Waals surface area contributed by atoms with Crippen LogP contribution in [-0.4, -0.2) is 20.3 Å². The molecule has 0 radical (unpaired) electrons. The van der Waals surface area contributed by atoms with E-state index in [1.54, 1.807) is 0 Å². The molecule has 1 saturated heterocycles. The number of carbonyl (C=O) groups is 2. The second-order valence-corrected chi connectivity index (χ2v) is 10.9. The van der Waals surface area contributed by atoms with Gasteiger partial charge in [0.2, 0.25) is 8.32 Å². The Morgan fingerprint density at radius 1 is 1.17 bits per heavy atom. The van der Waals surface area contributed by atoms with Crippen LogP contribution in [-0.2, 0) is 18.8 Å². The quantitative estimate of drug-likeness (QED) is 0.436. The summed E-state index contributed by atoms with van der Waals surface area (Å²) in [5, 5.41) is 0. The lowest BCUT2D eigenvalue weighted by Crippen LogP contribution is -2.43. The van der Waals surface area contributed by atoms with Crippen molar-refractivity contribution in [2.75, 3.05) is 0 Å². The van der Waals surface area contributed by atoms with E-state index in [1.165, 1.54) is 0 Å². The Morgan fingerprint density at radius 3 is 2.50 bits per heavy atom. The van der Waals surface area contributed by atoms with Gasteiger partial charge in [0.25, 0.3) is 0 Å². The first-order valence-electron chi connectivity index (χ1n) is 6.53. The number of hydrogen-bond donors (Lipinski definition) is 0. The van der Waals surface area contributed by atoms with Crippen LogP contribution in [0.4, 0.5) is 0 Å². The van der Waals surface area contributed by atoms with Gasteiger partial charge in [-0.25, -0.2) is 0 Å². The maximum Gasteiger partial charge on any atom is 0.318 e. The van der Waals surface area contributed by atoms with Crippen LogP contribution >= 0.6 is 0 Å². The van der Waals surface area contributed by atoms with Crippen molar-refractivity contribution in [3.8, 4) is 0 Å². The number of fused-ring (bicyclic) bond motifs is 1.